The Balaban J connectivity index is 1.37. The predicted molar refractivity (Wildman–Crippen MR) is 154 cm³/mol. The zero-order valence-corrected chi connectivity index (χ0v) is 25.0. The van der Waals surface area contributed by atoms with Crippen LogP contribution in [0.2, 0.25) is 0 Å². The Morgan fingerprint density at radius 3 is 2.77 bits per heavy atom. The van der Waals surface area contributed by atoms with Gasteiger partial charge in [0.15, 0.2) is 0 Å². The third kappa shape index (κ3) is 6.99. The van der Waals surface area contributed by atoms with Crippen LogP contribution in [-0.4, -0.2) is 82.7 Å². The first-order valence-corrected chi connectivity index (χ1v) is 14.6. The fraction of sp³-hybridized carbons (Fsp3) is 0.500. The standard InChI is InChI=1S/C28H33F4N7O3S/c1-27(2,15-41-4)26-35-20(13-43-26)25(40)33-11-23-36-24(37-42-23)22-10-16-18(34-19-8-9-38(3)12-17(19)29)6-5-7-21(16)39(22)14-28(30,31)32/h5-7,10,13,17,19,34H,8-9,11-12,14-15H2,1-4H3,(H,33,40)/t17-,19+/m0/s1. The van der Waals surface area contributed by atoms with E-state index in [2.05, 4.69) is 25.8 Å². The molecule has 4 aromatic rings. The number of thiazole rings is 1. The van der Waals surface area contributed by atoms with Crippen LogP contribution in [0.4, 0.5) is 23.2 Å². The Kier molecular flexibility index (Phi) is 8.77. The molecule has 4 heterocycles. The van der Waals surface area contributed by atoms with E-state index in [1.54, 1.807) is 30.7 Å². The summed E-state index contributed by atoms with van der Waals surface area (Å²) in [6.07, 6.45) is -5.11. The van der Waals surface area contributed by atoms with E-state index in [1.807, 2.05) is 25.8 Å². The molecule has 1 fully saturated rings. The van der Waals surface area contributed by atoms with E-state index in [1.165, 1.54) is 17.4 Å². The summed E-state index contributed by atoms with van der Waals surface area (Å²) in [5.74, 6) is -0.528. The van der Waals surface area contributed by atoms with Crippen molar-refractivity contribution < 1.29 is 31.6 Å². The lowest BCUT2D eigenvalue weighted by molar-refractivity contribution is -0.139. The molecular formula is C28H33F4N7O3S. The van der Waals surface area contributed by atoms with Crippen molar-refractivity contribution in [2.45, 2.75) is 57.2 Å². The minimum Gasteiger partial charge on any atom is -0.384 e. The van der Waals surface area contributed by atoms with Gasteiger partial charge in [0.2, 0.25) is 11.7 Å². The number of nitrogens with one attached hydrogen (secondary N) is 2. The smallest absolute Gasteiger partial charge is 0.384 e. The molecule has 2 N–H and O–H groups in total. The average molecular weight is 624 g/mol. The molecule has 0 aliphatic carbocycles. The largest absolute Gasteiger partial charge is 0.406 e. The van der Waals surface area contributed by atoms with Crippen molar-refractivity contribution in [1.29, 1.82) is 0 Å². The Morgan fingerprint density at radius 1 is 1.26 bits per heavy atom. The summed E-state index contributed by atoms with van der Waals surface area (Å²) in [4.78, 5) is 23.3. The van der Waals surface area contributed by atoms with Gasteiger partial charge < -0.3 is 29.4 Å². The Bertz CT molecular complexity index is 1580. The molecule has 1 aromatic carbocycles. The van der Waals surface area contributed by atoms with Crippen molar-refractivity contribution in [3.8, 4) is 11.5 Å². The monoisotopic (exact) mass is 623 g/mol. The number of carbonyl (C=O) groups is 1. The van der Waals surface area contributed by atoms with Crippen LogP contribution < -0.4 is 10.6 Å². The summed E-state index contributed by atoms with van der Waals surface area (Å²) in [6, 6.07) is 5.97. The van der Waals surface area contributed by atoms with Gasteiger partial charge in [-0.2, -0.15) is 18.2 Å². The van der Waals surface area contributed by atoms with Crippen molar-refractivity contribution in [1.82, 2.24) is 29.9 Å². The molecule has 232 valence electrons. The van der Waals surface area contributed by atoms with E-state index in [4.69, 9.17) is 9.26 Å². The molecule has 10 nitrogen and oxygen atoms in total. The zero-order chi connectivity index (χ0) is 30.9. The summed E-state index contributed by atoms with van der Waals surface area (Å²) in [6.45, 7) is 3.88. The molecule has 0 spiro atoms. The summed E-state index contributed by atoms with van der Waals surface area (Å²) in [5.41, 5.74) is 0.729. The maximum Gasteiger partial charge on any atom is 0.406 e. The van der Waals surface area contributed by atoms with E-state index >= 15 is 0 Å². The number of aromatic nitrogens is 4. The quantitative estimate of drug-likeness (QED) is 0.237. The van der Waals surface area contributed by atoms with Gasteiger partial charge in [0.05, 0.1) is 30.4 Å². The summed E-state index contributed by atoms with van der Waals surface area (Å²) in [7, 11) is 3.44. The summed E-state index contributed by atoms with van der Waals surface area (Å²) < 4.78 is 67.4. The number of methoxy groups -OCH3 is 1. The highest BCUT2D eigenvalue weighted by Crippen LogP contribution is 2.35. The first-order chi connectivity index (χ1) is 20.3. The number of carbonyl (C=O) groups excluding carboxylic acids is 1. The second kappa shape index (κ2) is 12.2. The van der Waals surface area contributed by atoms with Crippen LogP contribution in [-0.2, 0) is 23.2 Å². The second-order valence-electron chi connectivity index (χ2n) is 11.3. The van der Waals surface area contributed by atoms with Gasteiger partial charge in [-0.25, -0.2) is 9.37 Å². The number of piperidine rings is 1. The van der Waals surface area contributed by atoms with Gasteiger partial charge in [-0.1, -0.05) is 25.1 Å². The van der Waals surface area contributed by atoms with E-state index in [0.717, 1.165) is 9.57 Å². The van der Waals surface area contributed by atoms with E-state index in [9.17, 15) is 22.4 Å². The van der Waals surface area contributed by atoms with Crippen LogP contribution >= 0.6 is 11.3 Å². The summed E-state index contributed by atoms with van der Waals surface area (Å²) in [5, 5.41) is 12.6. The number of hydrogen-bond acceptors (Lipinski definition) is 9. The zero-order valence-electron chi connectivity index (χ0n) is 24.2. The molecule has 1 aliphatic rings. The minimum atomic E-state index is -4.53. The maximum absolute atomic E-state index is 14.8. The maximum atomic E-state index is 14.8. The molecule has 1 saturated heterocycles. The molecule has 0 saturated carbocycles. The fourth-order valence-corrected chi connectivity index (χ4v) is 6.06. The van der Waals surface area contributed by atoms with Crippen molar-refractivity contribution >= 4 is 33.8 Å². The molecule has 0 bridgehead atoms. The number of nitrogens with zero attached hydrogens (tertiary/aromatic N) is 5. The SMILES string of the molecule is COCC(C)(C)c1nc(C(=O)NCc2nc(-c3cc4c(N[C@@H]5CCN(C)C[C@@H]5F)cccc4n3CC(F)(F)F)no2)cs1. The van der Waals surface area contributed by atoms with Crippen molar-refractivity contribution in [3.63, 3.8) is 0 Å². The third-order valence-corrected chi connectivity index (χ3v) is 8.50. The predicted octanol–water partition coefficient (Wildman–Crippen LogP) is 5.02. The third-order valence-electron chi connectivity index (χ3n) is 7.29. The first kappa shape index (κ1) is 30.9. The first-order valence-electron chi connectivity index (χ1n) is 13.7. The number of likely N-dealkylation sites (tertiary alicyclic amines) is 1. The number of anilines is 1. The number of benzene rings is 1. The van der Waals surface area contributed by atoms with Crippen LogP contribution in [0.1, 0.15) is 41.7 Å². The molecule has 43 heavy (non-hydrogen) atoms. The lowest BCUT2D eigenvalue weighted by Crippen LogP contribution is -2.46. The highest BCUT2D eigenvalue weighted by Gasteiger charge is 2.32. The van der Waals surface area contributed by atoms with Gasteiger partial charge in [-0.3, -0.25) is 4.79 Å². The number of amides is 1. The van der Waals surface area contributed by atoms with Crippen LogP contribution in [0.15, 0.2) is 34.2 Å². The number of ether oxygens (including phenoxy) is 1. The highest BCUT2D eigenvalue weighted by atomic mass is 32.1. The molecule has 1 amide bonds. The Morgan fingerprint density at radius 2 is 2.05 bits per heavy atom. The van der Waals surface area contributed by atoms with Gasteiger partial charge >= 0.3 is 6.18 Å². The summed E-state index contributed by atoms with van der Waals surface area (Å²) >= 11 is 1.34. The number of rotatable bonds is 10. The fourth-order valence-electron chi connectivity index (χ4n) is 5.15. The van der Waals surface area contributed by atoms with Crippen molar-refractivity contribution in [2.24, 2.45) is 0 Å². The van der Waals surface area contributed by atoms with Gasteiger partial charge in [0, 0.05) is 42.1 Å². The van der Waals surface area contributed by atoms with E-state index in [0.29, 0.717) is 30.6 Å². The van der Waals surface area contributed by atoms with Gasteiger partial charge in [-0.15, -0.1) is 11.3 Å². The van der Waals surface area contributed by atoms with Crippen LogP contribution in [0.3, 0.4) is 0 Å². The average Bonchev–Trinajstić information content (AvgIpc) is 3.68. The molecule has 1 aliphatic heterocycles. The highest BCUT2D eigenvalue weighted by molar-refractivity contribution is 7.10. The van der Waals surface area contributed by atoms with Crippen LogP contribution in [0.25, 0.3) is 22.4 Å². The molecule has 0 radical (unpaired) electrons. The second-order valence-corrected chi connectivity index (χ2v) is 12.2. The topological polar surface area (TPSA) is 110 Å². The molecule has 5 rings (SSSR count). The lowest BCUT2D eigenvalue weighted by Gasteiger charge is -2.33. The normalized spacial score (nSPS) is 18.3. The van der Waals surface area contributed by atoms with Gasteiger partial charge in [0.25, 0.3) is 5.91 Å². The molecule has 0 unspecified atom stereocenters. The number of hydrogen-bond donors (Lipinski definition) is 2. The molecule has 2 atom stereocenters. The van der Waals surface area contributed by atoms with Crippen molar-refractivity contribution in [3.05, 3.63) is 46.2 Å². The minimum absolute atomic E-state index is 0.00674. The van der Waals surface area contributed by atoms with Gasteiger partial charge in [0.1, 0.15) is 23.4 Å². The van der Waals surface area contributed by atoms with Gasteiger partial charge in [-0.05, 0) is 31.7 Å². The lowest BCUT2D eigenvalue weighted by atomic mass is 9.96. The van der Waals surface area contributed by atoms with Crippen LogP contribution in [0, 0.1) is 0 Å². The number of halogens is 4. The molecular weight excluding hydrogens is 590 g/mol. The Hall–Kier alpha value is -3.56. The van der Waals surface area contributed by atoms with E-state index in [-0.39, 0.29) is 47.1 Å². The molecule has 3 aromatic heterocycles. The number of fused-ring (bicyclic) bond motifs is 1. The Labute approximate surface area is 249 Å². The molecule has 15 heteroatoms. The van der Waals surface area contributed by atoms with E-state index < -0.39 is 30.8 Å². The van der Waals surface area contributed by atoms with Crippen molar-refractivity contribution in [2.75, 3.05) is 39.2 Å². The number of alkyl halides is 4. The van der Waals surface area contributed by atoms with Crippen LogP contribution in [0.5, 0.6) is 0 Å².